The van der Waals surface area contributed by atoms with Crippen LogP contribution < -0.4 is 0 Å². The molecule has 0 atom stereocenters. The number of aliphatic hydroxyl groups is 2. The second kappa shape index (κ2) is 9.02. The van der Waals surface area contributed by atoms with E-state index in [1.807, 2.05) is 121 Å². The van der Waals surface area contributed by atoms with Crippen molar-refractivity contribution in [3.8, 4) is 0 Å². The zero-order chi connectivity index (χ0) is 23.4. The van der Waals surface area contributed by atoms with E-state index >= 15 is 0 Å². The quantitative estimate of drug-likeness (QED) is 0.385. The van der Waals surface area contributed by atoms with Crippen LogP contribution in [0.1, 0.15) is 33.6 Å². The summed E-state index contributed by atoms with van der Waals surface area (Å²) in [6.07, 6.45) is 1.40. The van der Waals surface area contributed by atoms with E-state index in [1.54, 1.807) is 6.07 Å². The van der Waals surface area contributed by atoms with Crippen molar-refractivity contribution in [2.24, 2.45) is 0 Å². The summed E-state index contributed by atoms with van der Waals surface area (Å²) < 4.78 is 0. The first kappa shape index (κ1) is 21.7. The third kappa shape index (κ3) is 3.69. The fourth-order valence-corrected chi connectivity index (χ4v) is 4.40. The maximum Gasteiger partial charge on any atom is 0.157 e. The summed E-state index contributed by atoms with van der Waals surface area (Å²) in [5.74, 6) is 0. The van der Waals surface area contributed by atoms with Gasteiger partial charge >= 0.3 is 0 Å². The highest BCUT2D eigenvalue weighted by atomic mass is 16.3. The van der Waals surface area contributed by atoms with Crippen LogP contribution in [0, 0.1) is 0 Å². The minimum atomic E-state index is -1.53. The summed E-state index contributed by atoms with van der Waals surface area (Å²) >= 11 is 0. The van der Waals surface area contributed by atoms with E-state index in [-0.39, 0.29) is 0 Å². The van der Waals surface area contributed by atoms with Gasteiger partial charge in [0.2, 0.25) is 0 Å². The lowest BCUT2D eigenvalue weighted by Crippen LogP contribution is -2.34. The fraction of sp³-hybridized carbons (Fsp3) is 0.0667. The van der Waals surface area contributed by atoms with Crippen molar-refractivity contribution in [1.82, 2.24) is 9.97 Å². The van der Waals surface area contributed by atoms with E-state index in [0.717, 1.165) is 0 Å². The molecule has 4 nitrogen and oxygen atoms in total. The Morgan fingerprint density at radius 1 is 0.412 bits per heavy atom. The summed E-state index contributed by atoms with van der Waals surface area (Å²) in [7, 11) is 0. The van der Waals surface area contributed by atoms with Crippen molar-refractivity contribution < 1.29 is 10.2 Å². The Kier molecular flexibility index (Phi) is 5.76. The molecular formula is C30H24N2O2. The van der Waals surface area contributed by atoms with Gasteiger partial charge in [0.15, 0.2) is 11.2 Å². The molecule has 0 unspecified atom stereocenters. The molecule has 0 bridgehead atoms. The molecule has 0 amide bonds. The van der Waals surface area contributed by atoms with Gasteiger partial charge < -0.3 is 10.2 Å². The van der Waals surface area contributed by atoms with Crippen LogP contribution in [0.5, 0.6) is 0 Å². The van der Waals surface area contributed by atoms with E-state index in [2.05, 4.69) is 9.97 Å². The Morgan fingerprint density at radius 3 is 0.941 bits per heavy atom. The second-order valence-corrected chi connectivity index (χ2v) is 8.17. The number of hydrogen-bond donors (Lipinski definition) is 2. The molecule has 0 aliphatic heterocycles. The van der Waals surface area contributed by atoms with Gasteiger partial charge in [-0.25, -0.2) is 9.97 Å². The van der Waals surface area contributed by atoms with Crippen LogP contribution in [0.2, 0.25) is 0 Å². The normalized spacial score (nSPS) is 11.8. The van der Waals surface area contributed by atoms with Gasteiger partial charge in [0, 0.05) is 0 Å². The van der Waals surface area contributed by atoms with E-state index in [4.69, 9.17) is 0 Å². The van der Waals surface area contributed by atoms with Gasteiger partial charge in [-0.1, -0.05) is 121 Å². The minimum absolute atomic E-state index is 0.375. The van der Waals surface area contributed by atoms with E-state index in [1.165, 1.54) is 6.33 Å². The first-order valence-corrected chi connectivity index (χ1v) is 11.1. The molecule has 34 heavy (non-hydrogen) atoms. The first-order valence-electron chi connectivity index (χ1n) is 11.1. The van der Waals surface area contributed by atoms with Crippen molar-refractivity contribution in [3.05, 3.63) is 167 Å². The molecule has 2 N–H and O–H groups in total. The number of aromatic nitrogens is 2. The Hall–Kier alpha value is -4.12. The standard InChI is InChI=1S/C30H24N2O2/c33-29(23-13-5-1-6-14-23,24-15-7-2-8-16-24)27-21-28(32-22-31-27)30(34,25-17-9-3-10-18-25)26-19-11-4-12-20-26/h1-22,33-34H. The fourth-order valence-electron chi connectivity index (χ4n) is 4.40. The van der Waals surface area contributed by atoms with Crippen molar-refractivity contribution in [1.29, 1.82) is 0 Å². The molecule has 5 aromatic rings. The average Bonchev–Trinajstić information content (AvgIpc) is 2.94. The first-order chi connectivity index (χ1) is 16.6. The van der Waals surface area contributed by atoms with Crippen molar-refractivity contribution in [3.63, 3.8) is 0 Å². The molecule has 0 aliphatic rings. The van der Waals surface area contributed by atoms with Crippen molar-refractivity contribution >= 4 is 0 Å². The molecule has 0 spiro atoms. The Bertz CT molecular complexity index is 1180. The molecular weight excluding hydrogens is 420 g/mol. The van der Waals surface area contributed by atoms with Gasteiger partial charge in [0.1, 0.15) is 6.33 Å². The third-order valence-electron chi connectivity index (χ3n) is 6.17. The maximum atomic E-state index is 12.2. The monoisotopic (exact) mass is 444 g/mol. The van der Waals surface area contributed by atoms with Crippen LogP contribution in [-0.2, 0) is 11.2 Å². The predicted octanol–water partition coefficient (Wildman–Crippen LogP) is 5.05. The Labute approximate surface area is 198 Å². The van der Waals surface area contributed by atoms with Crippen LogP contribution in [0.3, 0.4) is 0 Å². The summed E-state index contributed by atoms with van der Waals surface area (Å²) in [4.78, 5) is 8.99. The molecule has 1 aromatic heterocycles. The van der Waals surface area contributed by atoms with E-state index in [0.29, 0.717) is 33.6 Å². The SMILES string of the molecule is OC(c1ccccc1)(c1ccccc1)c1cc(C(O)(c2ccccc2)c2ccccc2)ncn1. The molecule has 0 fully saturated rings. The predicted molar refractivity (Wildman–Crippen MR) is 132 cm³/mol. The lowest BCUT2D eigenvalue weighted by Gasteiger charge is -2.32. The smallest absolute Gasteiger partial charge is 0.157 e. The highest BCUT2D eigenvalue weighted by molar-refractivity contribution is 5.48. The van der Waals surface area contributed by atoms with E-state index < -0.39 is 11.2 Å². The molecule has 0 saturated carbocycles. The van der Waals surface area contributed by atoms with Crippen LogP contribution >= 0.6 is 0 Å². The Morgan fingerprint density at radius 2 is 0.676 bits per heavy atom. The zero-order valence-corrected chi connectivity index (χ0v) is 18.5. The molecule has 4 aromatic carbocycles. The number of nitrogens with zero attached hydrogens (tertiary/aromatic N) is 2. The summed E-state index contributed by atoms with van der Waals surface area (Å²) in [6.45, 7) is 0. The molecule has 0 saturated heterocycles. The largest absolute Gasteiger partial charge is 0.374 e. The van der Waals surface area contributed by atoms with Crippen LogP contribution in [0.25, 0.3) is 0 Å². The lowest BCUT2D eigenvalue weighted by molar-refractivity contribution is 0.112. The molecule has 166 valence electrons. The molecule has 4 heteroatoms. The average molecular weight is 445 g/mol. The summed E-state index contributed by atoms with van der Waals surface area (Å²) in [6, 6.07) is 39.4. The molecule has 0 aliphatic carbocycles. The van der Waals surface area contributed by atoms with Gasteiger partial charge in [-0.3, -0.25) is 0 Å². The number of benzene rings is 4. The highest BCUT2D eigenvalue weighted by Crippen LogP contribution is 2.39. The minimum Gasteiger partial charge on any atom is -0.374 e. The van der Waals surface area contributed by atoms with Gasteiger partial charge in [-0.2, -0.15) is 0 Å². The van der Waals surface area contributed by atoms with Crippen LogP contribution in [0.4, 0.5) is 0 Å². The second-order valence-electron chi connectivity index (χ2n) is 8.17. The molecule has 0 radical (unpaired) electrons. The van der Waals surface area contributed by atoms with Crippen molar-refractivity contribution in [2.75, 3.05) is 0 Å². The lowest BCUT2D eigenvalue weighted by atomic mass is 9.80. The molecule has 1 heterocycles. The summed E-state index contributed by atoms with van der Waals surface area (Å²) in [5.41, 5.74) is 0.383. The maximum absolute atomic E-state index is 12.2. The number of hydrogen-bond acceptors (Lipinski definition) is 4. The topological polar surface area (TPSA) is 66.2 Å². The van der Waals surface area contributed by atoms with Crippen LogP contribution in [-0.4, -0.2) is 20.2 Å². The van der Waals surface area contributed by atoms with Crippen molar-refractivity contribution in [2.45, 2.75) is 11.2 Å². The van der Waals surface area contributed by atoms with Gasteiger partial charge in [0.05, 0.1) is 11.4 Å². The molecule has 5 rings (SSSR count). The third-order valence-corrected chi connectivity index (χ3v) is 6.17. The van der Waals surface area contributed by atoms with Crippen LogP contribution in [0.15, 0.2) is 134 Å². The number of rotatable bonds is 6. The zero-order valence-electron chi connectivity index (χ0n) is 18.5. The highest BCUT2D eigenvalue weighted by Gasteiger charge is 2.40. The van der Waals surface area contributed by atoms with Gasteiger partial charge in [-0.05, 0) is 28.3 Å². The van der Waals surface area contributed by atoms with E-state index in [9.17, 15) is 10.2 Å². The Balaban J connectivity index is 1.74. The summed E-state index contributed by atoms with van der Waals surface area (Å²) in [5, 5.41) is 24.4. The van der Waals surface area contributed by atoms with Gasteiger partial charge in [0.25, 0.3) is 0 Å². The van der Waals surface area contributed by atoms with Gasteiger partial charge in [-0.15, -0.1) is 0 Å².